The molecule has 0 saturated heterocycles. The molecule has 0 unspecified atom stereocenters. The summed E-state index contributed by atoms with van der Waals surface area (Å²) in [5, 5.41) is 23.5. The van der Waals surface area contributed by atoms with Crippen LogP contribution in [0.3, 0.4) is 0 Å². The molecule has 1 aromatic carbocycles. The Morgan fingerprint density at radius 3 is 2.63 bits per heavy atom. The van der Waals surface area contributed by atoms with Crippen LogP contribution in [-0.4, -0.2) is 50.6 Å². The molecule has 3 rings (SSSR count). The standard InChI is InChI=1S/C24H24N4O7/c1-14-5-4-8-28(14)21-9-17(6-7-19(21)24(33)35-13-34-16(3)30)23(32)27-26-11-20-18(12-29)10-25-15(2)22(20)31/h4-11,29,31H,12-13H2,1-3H3,(H,27,32)/b26-11+. The molecule has 1 amide bonds. The molecule has 0 spiro atoms. The van der Waals surface area contributed by atoms with Crippen LogP contribution in [0.15, 0.2) is 47.8 Å². The number of aliphatic hydroxyl groups excluding tert-OH is 1. The maximum atomic E-state index is 12.7. The van der Waals surface area contributed by atoms with E-state index < -0.39 is 24.6 Å². The van der Waals surface area contributed by atoms with Crippen LogP contribution in [-0.2, 0) is 20.9 Å². The topological polar surface area (TPSA) is 152 Å². The number of hydrazone groups is 1. The van der Waals surface area contributed by atoms with Crippen molar-refractivity contribution < 1.29 is 34.1 Å². The van der Waals surface area contributed by atoms with Crippen molar-refractivity contribution in [3.63, 3.8) is 0 Å². The number of carbonyl (C=O) groups is 3. The van der Waals surface area contributed by atoms with Gasteiger partial charge in [0, 0.05) is 41.7 Å². The van der Waals surface area contributed by atoms with E-state index in [9.17, 15) is 24.6 Å². The van der Waals surface area contributed by atoms with Gasteiger partial charge in [0.2, 0.25) is 6.79 Å². The molecule has 2 heterocycles. The maximum Gasteiger partial charge on any atom is 0.343 e. The highest BCUT2D eigenvalue weighted by atomic mass is 16.7. The van der Waals surface area contributed by atoms with Crippen LogP contribution in [0.4, 0.5) is 0 Å². The minimum Gasteiger partial charge on any atom is -0.505 e. The zero-order chi connectivity index (χ0) is 25.5. The number of hydrogen-bond donors (Lipinski definition) is 3. The summed E-state index contributed by atoms with van der Waals surface area (Å²) in [6.45, 7) is 3.71. The molecule has 11 heteroatoms. The number of ether oxygens (including phenoxy) is 2. The van der Waals surface area contributed by atoms with E-state index in [-0.39, 0.29) is 29.0 Å². The summed E-state index contributed by atoms with van der Waals surface area (Å²) in [5.74, 6) is -2.06. The van der Waals surface area contributed by atoms with E-state index in [1.165, 1.54) is 37.5 Å². The normalized spacial score (nSPS) is 10.9. The largest absolute Gasteiger partial charge is 0.505 e. The molecule has 3 N–H and O–H groups in total. The third-order valence-corrected chi connectivity index (χ3v) is 5.03. The second-order valence-electron chi connectivity index (χ2n) is 7.43. The minimum absolute atomic E-state index is 0.154. The third kappa shape index (κ3) is 5.89. The van der Waals surface area contributed by atoms with Gasteiger partial charge in [-0.05, 0) is 44.2 Å². The molecule has 0 saturated carbocycles. The van der Waals surface area contributed by atoms with Crippen LogP contribution in [0, 0.1) is 13.8 Å². The maximum absolute atomic E-state index is 12.7. The number of benzene rings is 1. The first-order valence-corrected chi connectivity index (χ1v) is 10.4. The van der Waals surface area contributed by atoms with Gasteiger partial charge in [-0.3, -0.25) is 14.6 Å². The number of pyridine rings is 1. The number of nitrogens with zero attached hydrogens (tertiary/aromatic N) is 3. The number of nitrogens with one attached hydrogen (secondary N) is 1. The summed E-state index contributed by atoms with van der Waals surface area (Å²) < 4.78 is 11.4. The first-order valence-electron chi connectivity index (χ1n) is 10.4. The summed E-state index contributed by atoms with van der Waals surface area (Å²) in [6, 6.07) is 7.94. The van der Waals surface area contributed by atoms with Gasteiger partial charge in [0.1, 0.15) is 5.75 Å². The lowest BCUT2D eigenvalue weighted by atomic mass is 10.1. The van der Waals surface area contributed by atoms with Gasteiger partial charge >= 0.3 is 11.9 Å². The number of esters is 2. The smallest absolute Gasteiger partial charge is 0.343 e. The van der Waals surface area contributed by atoms with Crippen molar-refractivity contribution in [3.05, 3.63) is 76.4 Å². The molecule has 3 aromatic rings. The fourth-order valence-electron chi connectivity index (χ4n) is 3.17. The molecular formula is C24H24N4O7. The van der Waals surface area contributed by atoms with Crippen LogP contribution in [0.25, 0.3) is 5.69 Å². The third-order valence-electron chi connectivity index (χ3n) is 5.03. The molecule has 0 bridgehead atoms. The summed E-state index contributed by atoms with van der Waals surface area (Å²) >= 11 is 0. The van der Waals surface area contributed by atoms with Crippen molar-refractivity contribution in [3.8, 4) is 11.4 Å². The summed E-state index contributed by atoms with van der Waals surface area (Å²) in [6.07, 6.45) is 4.34. The average molecular weight is 480 g/mol. The number of carbonyl (C=O) groups excluding carboxylic acids is 3. The lowest BCUT2D eigenvalue weighted by Crippen LogP contribution is -2.19. The quantitative estimate of drug-likeness (QED) is 0.192. The molecule has 0 fully saturated rings. The van der Waals surface area contributed by atoms with Gasteiger partial charge in [0.25, 0.3) is 5.91 Å². The highest BCUT2D eigenvalue weighted by Crippen LogP contribution is 2.23. The SMILES string of the molecule is CC(=O)OCOC(=O)c1ccc(C(=O)N/N=C/c2c(CO)cnc(C)c2O)cc1-n1cccc1C. The van der Waals surface area contributed by atoms with Crippen molar-refractivity contribution in [1.29, 1.82) is 0 Å². The van der Waals surface area contributed by atoms with Gasteiger partial charge in [0.05, 0.1) is 29.8 Å². The molecule has 0 aliphatic carbocycles. The number of aromatic hydroxyl groups is 1. The Balaban J connectivity index is 1.86. The van der Waals surface area contributed by atoms with Crippen molar-refractivity contribution in [2.24, 2.45) is 5.10 Å². The van der Waals surface area contributed by atoms with Crippen LogP contribution < -0.4 is 5.43 Å². The fourth-order valence-corrected chi connectivity index (χ4v) is 3.17. The van der Waals surface area contributed by atoms with Crippen molar-refractivity contribution >= 4 is 24.1 Å². The molecule has 0 radical (unpaired) electrons. The highest BCUT2D eigenvalue weighted by Gasteiger charge is 2.18. The number of rotatable bonds is 8. The first-order chi connectivity index (χ1) is 16.7. The van der Waals surface area contributed by atoms with Crippen LogP contribution >= 0.6 is 0 Å². The Labute approximate surface area is 200 Å². The zero-order valence-corrected chi connectivity index (χ0v) is 19.3. The van der Waals surface area contributed by atoms with Gasteiger partial charge < -0.3 is 24.3 Å². The summed E-state index contributed by atoms with van der Waals surface area (Å²) in [7, 11) is 0. The van der Waals surface area contributed by atoms with Gasteiger partial charge in [-0.25, -0.2) is 10.2 Å². The Bertz CT molecular complexity index is 1300. The summed E-state index contributed by atoms with van der Waals surface area (Å²) in [5.41, 5.74) is 4.81. The molecule has 11 nitrogen and oxygen atoms in total. The number of hydrogen-bond acceptors (Lipinski definition) is 9. The van der Waals surface area contributed by atoms with E-state index in [0.29, 0.717) is 16.9 Å². The molecular weight excluding hydrogens is 456 g/mol. The number of amides is 1. The summed E-state index contributed by atoms with van der Waals surface area (Å²) in [4.78, 5) is 40.2. The lowest BCUT2D eigenvalue weighted by molar-refractivity contribution is -0.149. The molecule has 2 aromatic heterocycles. The van der Waals surface area contributed by atoms with Crippen LogP contribution in [0.1, 0.15) is 50.2 Å². The number of aromatic nitrogens is 2. The molecule has 0 atom stereocenters. The van der Waals surface area contributed by atoms with E-state index in [1.807, 2.05) is 13.0 Å². The second-order valence-corrected chi connectivity index (χ2v) is 7.43. The fraction of sp³-hybridized carbons (Fsp3) is 0.208. The van der Waals surface area contributed by atoms with E-state index in [2.05, 4.69) is 20.2 Å². The molecule has 35 heavy (non-hydrogen) atoms. The monoisotopic (exact) mass is 480 g/mol. The Kier molecular flexibility index (Phi) is 7.95. The van der Waals surface area contributed by atoms with Gasteiger partial charge in [-0.1, -0.05) is 0 Å². The van der Waals surface area contributed by atoms with Gasteiger partial charge in [-0.15, -0.1) is 0 Å². The first kappa shape index (κ1) is 25.1. The minimum atomic E-state index is -0.737. The van der Waals surface area contributed by atoms with Crippen LogP contribution in [0.2, 0.25) is 0 Å². The highest BCUT2D eigenvalue weighted by molar-refractivity contribution is 5.99. The van der Waals surface area contributed by atoms with E-state index in [1.54, 1.807) is 23.8 Å². The van der Waals surface area contributed by atoms with Crippen molar-refractivity contribution in [2.75, 3.05) is 6.79 Å². The predicted molar refractivity (Wildman–Crippen MR) is 124 cm³/mol. The Hall–Kier alpha value is -4.51. The van der Waals surface area contributed by atoms with Crippen molar-refractivity contribution in [2.45, 2.75) is 27.4 Å². The van der Waals surface area contributed by atoms with Gasteiger partial charge in [0.15, 0.2) is 0 Å². The van der Waals surface area contributed by atoms with E-state index in [0.717, 1.165) is 5.69 Å². The zero-order valence-electron chi connectivity index (χ0n) is 19.3. The predicted octanol–water partition coefficient (Wildman–Crippen LogP) is 2.13. The number of aliphatic hydroxyl groups is 1. The Morgan fingerprint density at radius 1 is 1.20 bits per heavy atom. The lowest BCUT2D eigenvalue weighted by Gasteiger charge is -2.14. The molecule has 0 aliphatic heterocycles. The van der Waals surface area contributed by atoms with Crippen LogP contribution in [0.5, 0.6) is 5.75 Å². The van der Waals surface area contributed by atoms with E-state index >= 15 is 0 Å². The van der Waals surface area contributed by atoms with Gasteiger partial charge in [-0.2, -0.15) is 5.10 Å². The second kappa shape index (κ2) is 11.1. The van der Waals surface area contributed by atoms with E-state index in [4.69, 9.17) is 4.74 Å². The number of aryl methyl sites for hydroxylation is 2. The Morgan fingerprint density at radius 2 is 1.97 bits per heavy atom. The average Bonchev–Trinajstić information content (AvgIpc) is 3.26. The molecule has 0 aliphatic rings. The van der Waals surface area contributed by atoms with Crippen molar-refractivity contribution in [1.82, 2.24) is 15.0 Å². The molecule has 182 valence electrons.